The van der Waals surface area contributed by atoms with Gasteiger partial charge in [-0.2, -0.15) is 0 Å². The molecular formula is C6H10ClN3. The first-order chi connectivity index (χ1) is 4.43. The zero-order valence-electron chi connectivity index (χ0n) is 5.74. The summed E-state index contributed by atoms with van der Waals surface area (Å²) in [6, 6.07) is 0. The number of rotatable bonds is 2. The van der Waals surface area contributed by atoms with Gasteiger partial charge in [0.1, 0.15) is 0 Å². The maximum Gasteiger partial charge on any atom is 0.0724 e. The Hall–Kier alpha value is -0.670. The predicted octanol–water partition coefficient (Wildman–Crippen LogP) is 0.618. The molecule has 3 nitrogen and oxygen atoms in total. The Bertz CT molecular complexity index is 166. The summed E-state index contributed by atoms with van der Waals surface area (Å²) in [6.45, 7) is 0.786. The van der Waals surface area contributed by atoms with E-state index >= 15 is 0 Å². The van der Waals surface area contributed by atoms with Crippen molar-refractivity contribution in [2.75, 3.05) is 7.05 Å². The van der Waals surface area contributed by atoms with Crippen LogP contribution in [-0.4, -0.2) is 17.0 Å². The molecule has 1 aromatic heterocycles. The Kier molecular flexibility index (Phi) is 4.80. The van der Waals surface area contributed by atoms with Crippen LogP contribution in [0.4, 0.5) is 0 Å². The van der Waals surface area contributed by atoms with Gasteiger partial charge in [-0.1, -0.05) is 0 Å². The molecule has 1 N–H and O–H groups in total. The van der Waals surface area contributed by atoms with Crippen molar-refractivity contribution >= 4 is 12.4 Å². The van der Waals surface area contributed by atoms with Crippen LogP contribution in [0, 0.1) is 0 Å². The molecule has 0 fully saturated rings. The molecule has 0 saturated heterocycles. The summed E-state index contributed by atoms with van der Waals surface area (Å²) in [6.07, 6.45) is 5.10. The number of halogens is 1. The topological polar surface area (TPSA) is 37.8 Å². The van der Waals surface area contributed by atoms with E-state index in [1.165, 1.54) is 0 Å². The maximum atomic E-state index is 4.04. The molecule has 4 heteroatoms. The first-order valence-corrected chi connectivity index (χ1v) is 2.83. The SMILES string of the molecule is CNCc1cnccn1.Cl. The molecular weight excluding hydrogens is 150 g/mol. The number of nitrogens with zero attached hydrogens (tertiary/aromatic N) is 2. The van der Waals surface area contributed by atoms with E-state index in [1.54, 1.807) is 18.6 Å². The molecule has 0 spiro atoms. The Labute approximate surface area is 66.3 Å². The van der Waals surface area contributed by atoms with Gasteiger partial charge in [-0.15, -0.1) is 12.4 Å². The smallest absolute Gasteiger partial charge is 0.0724 e. The van der Waals surface area contributed by atoms with Crippen LogP contribution in [0.25, 0.3) is 0 Å². The fourth-order valence-electron chi connectivity index (χ4n) is 0.602. The monoisotopic (exact) mass is 159 g/mol. The molecule has 0 amide bonds. The minimum Gasteiger partial charge on any atom is -0.314 e. The van der Waals surface area contributed by atoms with Crippen molar-refractivity contribution in [1.82, 2.24) is 15.3 Å². The highest BCUT2D eigenvalue weighted by Crippen LogP contribution is 1.86. The third kappa shape index (κ3) is 2.75. The Morgan fingerprint density at radius 2 is 2.30 bits per heavy atom. The van der Waals surface area contributed by atoms with Crippen molar-refractivity contribution in [1.29, 1.82) is 0 Å². The molecule has 0 aliphatic heterocycles. The molecule has 0 aliphatic rings. The molecule has 1 aromatic rings. The van der Waals surface area contributed by atoms with Gasteiger partial charge in [0, 0.05) is 25.1 Å². The van der Waals surface area contributed by atoms with E-state index in [4.69, 9.17) is 0 Å². The molecule has 0 atom stereocenters. The van der Waals surface area contributed by atoms with Crippen molar-refractivity contribution in [3.8, 4) is 0 Å². The van der Waals surface area contributed by atoms with Gasteiger partial charge in [-0.05, 0) is 7.05 Å². The lowest BCUT2D eigenvalue weighted by Gasteiger charge is -1.94. The van der Waals surface area contributed by atoms with Gasteiger partial charge >= 0.3 is 0 Å². The van der Waals surface area contributed by atoms with E-state index in [2.05, 4.69) is 15.3 Å². The van der Waals surface area contributed by atoms with E-state index in [0.29, 0.717) is 0 Å². The lowest BCUT2D eigenvalue weighted by atomic mass is 10.4. The molecule has 1 heterocycles. The quantitative estimate of drug-likeness (QED) is 0.688. The highest BCUT2D eigenvalue weighted by molar-refractivity contribution is 5.85. The van der Waals surface area contributed by atoms with Crippen LogP contribution in [0.3, 0.4) is 0 Å². The Balaban J connectivity index is 0.000000810. The number of nitrogens with one attached hydrogen (secondary N) is 1. The maximum absolute atomic E-state index is 4.04. The van der Waals surface area contributed by atoms with Crippen LogP contribution in [0.2, 0.25) is 0 Å². The van der Waals surface area contributed by atoms with Crippen molar-refractivity contribution in [3.05, 3.63) is 24.3 Å². The van der Waals surface area contributed by atoms with E-state index in [9.17, 15) is 0 Å². The largest absolute Gasteiger partial charge is 0.314 e. The lowest BCUT2D eigenvalue weighted by molar-refractivity contribution is 0.784. The Morgan fingerprint density at radius 1 is 1.50 bits per heavy atom. The van der Waals surface area contributed by atoms with Crippen LogP contribution >= 0.6 is 12.4 Å². The van der Waals surface area contributed by atoms with Crippen LogP contribution < -0.4 is 5.32 Å². The van der Waals surface area contributed by atoms with Crippen LogP contribution in [0.15, 0.2) is 18.6 Å². The zero-order chi connectivity index (χ0) is 6.53. The molecule has 0 saturated carbocycles. The number of aromatic nitrogens is 2. The normalized spacial score (nSPS) is 8.50. The number of hydrogen-bond donors (Lipinski definition) is 1. The van der Waals surface area contributed by atoms with Gasteiger partial charge in [-0.25, -0.2) is 0 Å². The second-order valence-electron chi connectivity index (χ2n) is 1.73. The third-order valence-corrected chi connectivity index (χ3v) is 0.975. The fourth-order valence-corrected chi connectivity index (χ4v) is 0.602. The summed E-state index contributed by atoms with van der Waals surface area (Å²) in [5.41, 5.74) is 0.972. The van der Waals surface area contributed by atoms with Gasteiger partial charge in [0.25, 0.3) is 0 Å². The summed E-state index contributed by atoms with van der Waals surface area (Å²) in [7, 11) is 1.88. The van der Waals surface area contributed by atoms with Crippen molar-refractivity contribution in [2.45, 2.75) is 6.54 Å². The average Bonchev–Trinajstić information content (AvgIpc) is 1.91. The molecule has 1 rings (SSSR count). The van der Waals surface area contributed by atoms with Crippen molar-refractivity contribution in [2.24, 2.45) is 0 Å². The molecule has 0 bridgehead atoms. The van der Waals surface area contributed by atoms with E-state index in [-0.39, 0.29) is 12.4 Å². The summed E-state index contributed by atoms with van der Waals surface area (Å²) in [5, 5.41) is 2.98. The number of hydrogen-bond acceptors (Lipinski definition) is 3. The standard InChI is InChI=1S/C6H9N3.ClH/c1-7-4-6-5-8-2-3-9-6;/h2-3,5,7H,4H2,1H3;1H. The summed E-state index contributed by atoms with van der Waals surface area (Å²) in [4.78, 5) is 7.94. The molecule has 0 aromatic carbocycles. The van der Waals surface area contributed by atoms with Crippen molar-refractivity contribution in [3.63, 3.8) is 0 Å². The van der Waals surface area contributed by atoms with Gasteiger partial charge in [0.2, 0.25) is 0 Å². The highest BCUT2D eigenvalue weighted by Gasteiger charge is 1.86. The van der Waals surface area contributed by atoms with E-state index in [1.807, 2.05) is 7.05 Å². The molecule has 0 aliphatic carbocycles. The molecule has 56 valence electrons. The third-order valence-electron chi connectivity index (χ3n) is 0.975. The first-order valence-electron chi connectivity index (χ1n) is 2.83. The summed E-state index contributed by atoms with van der Waals surface area (Å²) >= 11 is 0. The average molecular weight is 160 g/mol. The predicted molar refractivity (Wildman–Crippen MR) is 42.0 cm³/mol. The minimum absolute atomic E-state index is 0. The van der Waals surface area contributed by atoms with Crippen LogP contribution in [-0.2, 0) is 6.54 Å². The van der Waals surface area contributed by atoms with Crippen molar-refractivity contribution < 1.29 is 0 Å². The van der Waals surface area contributed by atoms with Crippen LogP contribution in [0.1, 0.15) is 5.69 Å². The Morgan fingerprint density at radius 3 is 2.80 bits per heavy atom. The molecule has 10 heavy (non-hydrogen) atoms. The van der Waals surface area contributed by atoms with Gasteiger partial charge in [0.05, 0.1) is 5.69 Å². The van der Waals surface area contributed by atoms with E-state index in [0.717, 1.165) is 12.2 Å². The first kappa shape index (κ1) is 9.33. The summed E-state index contributed by atoms with van der Waals surface area (Å²) < 4.78 is 0. The molecule has 0 unspecified atom stereocenters. The van der Waals surface area contributed by atoms with Gasteiger partial charge in [-0.3, -0.25) is 9.97 Å². The lowest BCUT2D eigenvalue weighted by Crippen LogP contribution is -2.06. The molecule has 0 radical (unpaired) electrons. The van der Waals surface area contributed by atoms with Gasteiger partial charge in [0.15, 0.2) is 0 Å². The van der Waals surface area contributed by atoms with Gasteiger partial charge < -0.3 is 5.32 Å². The second kappa shape index (κ2) is 5.14. The zero-order valence-corrected chi connectivity index (χ0v) is 6.56. The fraction of sp³-hybridized carbons (Fsp3) is 0.333. The second-order valence-corrected chi connectivity index (χ2v) is 1.73. The summed E-state index contributed by atoms with van der Waals surface area (Å²) in [5.74, 6) is 0. The van der Waals surface area contributed by atoms with E-state index < -0.39 is 0 Å². The highest BCUT2D eigenvalue weighted by atomic mass is 35.5. The minimum atomic E-state index is 0. The van der Waals surface area contributed by atoms with Crippen LogP contribution in [0.5, 0.6) is 0 Å².